The van der Waals surface area contributed by atoms with Crippen LogP contribution in [0.15, 0.2) is 71.1 Å². The van der Waals surface area contributed by atoms with Gasteiger partial charge in [-0.1, -0.05) is 60.1 Å². The molecule has 0 amide bonds. The number of fused-ring (bicyclic) bond motifs is 7. The molecule has 3 nitrogen and oxygen atoms in total. The van der Waals surface area contributed by atoms with Gasteiger partial charge in [0.1, 0.15) is 11.2 Å². The van der Waals surface area contributed by atoms with Crippen LogP contribution in [0.25, 0.3) is 55.0 Å². The molecule has 0 radical (unpaired) electrons. The lowest BCUT2D eigenvalue weighted by Gasteiger charge is -2.37. The first-order valence-corrected chi connectivity index (χ1v) is 11.1. The summed E-state index contributed by atoms with van der Waals surface area (Å²) in [6, 6.07) is 23.6. The Bertz CT molecular complexity index is 1540. The highest BCUT2D eigenvalue weighted by Crippen LogP contribution is 2.50. The lowest BCUT2D eigenvalue weighted by atomic mass is 9.82. The van der Waals surface area contributed by atoms with Gasteiger partial charge in [-0.2, -0.15) is 0 Å². The monoisotopic (exact) mass is 420 g/mol. The third-order valence-corrected chi connectivity index (χ3v) is 7.24. The number of rotatable bonds is 4. The Kier molecular flexibility index (Phi) is 3.96. The third kappa shape index (κ3) is 2.70. The number of hydrogen-bond acceptors (Lipinski definition) is 3. The highest BCUT2D eigenvalue weighted by Gasteiger charge is 2.35. The summed E-state index contributed by atoms with van der Waals surface area (Å²) in [6.45, 7) is 7.39. The van der Waals surface area contributed by atoms with Gasteiger partial charge in [0.25, 0.3) is 0 Å². The van der Waals surface area contributed by atoms with E-state index in [0.717, 1.165) is 32.8 Å². The fraction of sp³-hybridized carbons (Fsp3) is 0.214. The van der Waals surface area contributed by atoms with Crippen LogP contribution in [0.1, 0.15) is 27.7 Å². The summed E-state index contributed by atoms with van der Waals surface area (Å²) < 4.78 is 12.5. The van der Waals surface area contributed by atoms with Crippen molar-refractivity contribution in [2.45, 2.75) is 38.9 Å². The maximum Gasteiger partial charge on any atom is 0.309 e. The highest BCUT2D eigenvalue weighted by atomic mass is 16.5. The molecule has 1 aliphatic rings. The van der Waals surface area contributed by atoms with E-state index in [2.05, 4.69) is 54.6 Å². The maximum absolute atomic E-state index is 10.4. The molecule has 4 heteroatoms. The molecule has 0 spiro atoms. The molecule has 0 saturated heterocycles. The first-order chi connectivity index (χ1) is 15.2. The van der Waals surface area contributed by atoms with E-state index in [9.17, 15) is 5.11 Å². The normalized spacial score (nSPS) is 13.3. The van der Waals surface area contributed by atoms with E-state index in [-0.39, 0.29) is 0 Å². The van der Waals surface area contributed by atoms with Crippen LogP contribution < -0.4 is 5.46 Å². The lowest BCUT2D eigenvalue weighted by Crippen LogP contribution is -2.49. The van der Waals surface area contributed by atoms with Crippen LogP contribution >= 0.6 is 0 Å². The zero-order chi connectivity index (χ0) is 22.3. The topological polar surface area (TPSA) is 42.6 Å². The molecule has 5 aromatic rings. The zero-order valence-electron chi connectivity index (χ0n) is 18.8. The molecule has 0 bridgehead atoms. The van der Waals surface area contributed by atoms with Gasteiger partial charge < -0.3 is 14.2 Å². The second kappa shape index (κ2) is 6.47. The molecule has 0 saturated carbocycles. The van der Waals surface area contributed by atoms with Gasteiger partial charge in [-0.3, -0.25) is 0 Å². The Morgan fingerprint density at radius 3 is 2.22 bits per heavy atom. The van der Waals surface area contributed by atoms with E-state index in [4.69, 9.17) is 9.07 Å². The Hall–Kier alpha value is -3.08. The summed E-state index contributed by atoms with van der Waals surface area (Å²) in [5, 5.41) is 15.1. The molecule has 1 aromatic heterocycles. The van der Waals surface area contributed by atoms with Crippen molar-refractivity contribution < 1.29 is 14.2 Å². The van der Waals surface area contributed by atoms with Gasteiger partial charge in [0.2, 0.25) is 0 Å². The predicted molar refractivity (Wildman–Crippen MR) is 134 cm³/mol. The van der Waals surface area contributed by atoms with Gasteiger partial charge in [-0.05, 0) is 62.1 Å². The van der Waals surface area contributed by atoms with Gasteiger partial charge >= 0.3 is 7.48 Å². The third-order valence-electron chi connectivity index (χ3n) is 7.24. The Morgan fingerprint density at radius 1 is 0.750 bits per heavy atom. The fourth-order valence-corrected chi connectivity index (χ4v) is 4.68. The predicted octanol–water partition coefficient (Wildman–Crippen LogP) is 5.93. The van der Waals surface area contributed by atoms with Crippen molar-refractivity contribution in [2.24, 2.45) is 0 Å². The second-order valence-electron chi connectivity index (χ2n) is 9.87. The summed E-state index contributed by atoms with van der Waals surface area (Å²) in [5.74, 6) is 0. The fourth-order valence-electron chi connectivity index (χ4n) is 4.68. The maximum atomic E-state index is 10.4. The first kappa shape index (κ1) is 19.6. The molecule has 4 aromatic carbocycles. The highest BCUT2D eigenvalue weighted by molar-refractivity contribution is 6.47. The van der Waals surface area contributed by atoms with Crippen LogP contribution in [-0.2, 0) is 4.65 Å². The molecule has 0 atom stereocenters. The molecular formula is C28H25BO3. The molecule has 1 heterocycles. The van der Waals surface area contributed by atoms with Crippen LogP contribution in [0.4, 0.5) is 0 Å². The van der Waals surface area contributed by atoms with Crippen LogP contribution in [0.3, 0.4) is 0 Å². The van der Waals surface area contributed by atoms with E-state index in [1.165, 1.54) is 27.6 Å². The Balaban J connectivity index is 1.53. The van der Waals surface area contributed by atoms with Crippen LogP contribution in [0, 0.1) is 0 Å². The largest absolute Gasteiger partial charge is 0.455 e. The average molecular weight is 420 g/mol. The van der Waals surface area contributed by atoms with E-state index >= 15 is 0 Å². The summed E-state index contributed by atoms with van der Waals surface area (Å²) in [7, 11) is 0.424. The molecule has 1 N–H and O–H groups in total. The van der Waals surface area contributed by atoms with Crippen molar-refractivity contribution in [1.82, 2.24) is 0 Å². The first-order valence-electron chi connectivity index (χ1n) is 11.1. The zero-order valence-corrected chi connectivity index (χ0v) is 18.8. The molecule has 1 aliphatic carbocycles. The number of hydrogen-bond donors (Lipinski definition) is 1. The van der Waals surface area contributed by atoms with E-state index < -0.39 is 11.2 Å². The molecule has 0 aliphatic heterocycles. The van der Waals surface area contributed by atoms with E-state index in [1.807, 2.05) is 26.0 Å². The minimum atomic E-state index is -0.937. The van der Waals surface area contributed by atoms with E-state index in [1.54, 1.807) is 13.8 Å². The van der Waals surface area contributed by atoms with Crippen molar-refractivity contribution in [2.75, 3.05) is 0 Å². The quantitative estimate of drug-likeness (QED) is 0.360. The van der Waals surface area contributed by atoms with Crippen LogP contribution in [-0.4, -0.2) is 23.8 Å². The summed E-state index contributed by atoms with van der Waals surface area (Å²) in [5.41, 5.74) is 6.38. The Labute approximate surface area is 187 Å². The van der Waals surface area contributed by atoms with Crippen molar-refractivity contribution in [3.8, 4) is 22.3 Å². The van der Waals surface area contributed by atoms with Gasteiger partial charge in [0, 0.05) is 21.5 Å². The van der Waals surface area contributed by atoms with Crippen molar-refractivity contribution in [3.63, 3.8) is 0 Å². The molecular weight excluding hydrogens is 395 g/mol. The number of benzene rings is 4. The average Bonchev–Trinajstić information content (AvgIpc) is 3.29. The number of aliphatic hydroxyl groups is 1. The molecule has 158 valence electrons. The van der Waals surface area contributed by atoms with Crippen LogP contribution in [0.2, 0.25) is 0 Å². The summed E-state index contributed by atoms with van der Waals surface area (Å²) in [6.07, 6.45) is 0. The van der Waals surface area contributed by atoms with Gasteiger partial charge in [-0.25, -0.2) is 0 Å². The smallest absolute Gasteiger partial charge is 0.309 e. The molecule has 32 heavy (non-hydrogen) atoms. The van der Waals surface area contributed by atoms with Gasteiger partial charge in [0.05, 0.1) is 11.2 Å². The number of furan rings is 1. The minimum Gasteiger partial charge on any atom is -0.455 e. The SMILES string of the molecule is CC(C)(O)C(C)(C)OBc1ccc2oc3c4cccc5c4c(cc3c2c1)-c1ccccc1-5. The second-order valence-corrected chi connectivity index (χ2v) is 9.87. The van der Waals surface area contributed by atoms with Crippen molar-refractivity contribution >= 4 is 45.7 Å². The standard InChI is InChI=1S/C28H25BO3/c1-27(2,30)28(3,4)32-29-16-12-13-24-21(14-16)23-15-22-18-9-6-5-8-17(18)19-10-7-11-20(25(19)22)26(23)31-24/h5-15,29-30H,1-4H3. The molecule has 0 fully saturated rings. The van der Waals surface area contributed by atoms with Gasteiger partial charge in [-0.15, -0.1) is 0 Å². The Morgan fingerprint density at radius 2 is 1.47 bits per heavy atom. The van der Waals surface area contributed by atoms with Crippen molar-refractivity contribution in [1.29, 1.82) is 0 Å². The molecule has 0 unspecified atom stereocenters. The lowest BCUT2D eigenvalue weighted by molar-refractivity contribution is -0.0893. The van der Waals surface area contributed by atoms with Crippen molar-refractivity contribution in [3.05, 3.63) is 66.7 Å². The van der Waals surface area contributed by atoms with Crippen LogP contribution in [0.5, 0.6) is 0 Å². The summed E-state index contributed by atoms with van der Waals surface area (Å²) >= 11 is 0. The minimum absolute atomic E-state index is 0.424. The molecule has 6 rings (SSSR count). The summed E-state index contributed by atoms with van der Waals surface area (Å²) in [4.78, 5) is 0. The van der Waals surface area contributed by atoms with E-state index in [0.29, 0.717) is 7.48 Å². The van der Waals surface area contributed by atoms with Gasteiger partial charge in [0.15, 0.2) is 0 Å².